The highest BCUT2D eigenvalue weighted by Gasteiger charge is 2.45. The molecule has 0 aromatic carbocycles. The Balaban J connectivity index is 2.38. The Morgan fingerprint density at radius 1 is 1.67 bits per heavy atom. The molecule has 0 aliphatic carbocycles. The molecule has 3 atom stereocenters. The van der Waals surface area contributed by atoms with E-state index in [2.05, 4.69) is 0 Å². The fourth-order valence-electron chi connectivity index (χ4n) is 1.87. The van der Waals surface area contributed by atoms with E-state index in [1.54, 1.807) is 4.98 Å². The molecular weight excluding hydrogens is 247 g/mol. The van der Waals surface area contributed by atoms with E-state index in [1.165, 1.54) is 6.92 Å². The van der Waals surface area contributed by atoms with Gasteiger partial charge in [0, 0.05) is 6.42 Å². The van der Waals surface area contributed by atoms with Crippen molar-refractivity contribution in [1.82, 2.24) is 9.55 Å². The van der Waals surface area contributed by atoms with Crippen LogP contribution in [0.4, 0.5) is 4.39 Å². The molecule has 0 unspecified atom stereocenters. The van der Waals surface area contributed by atoms with Gasteiger partial charge in [-0.2, -0.15) is 4.39 Å². The predicted molar refractivity (Wildman–Crippen MR) is 57.5 cm³/mol. The Labute approximate surface area is 100 Å². The molecule has 0 amide bonds. The molecule has 0 spiro atoms. The molecule has 100 valence electrons. The van der Waals surface area contributed by atoms with Crippen LogP contribution in [0.2, 0.25) is 0 Å². The average Bonchev–Trinajstić information content (AvgIpc) is 2.61. The molecular formula is C10H13FN2O5. The van der Waals surface area contributed by atoms with E-state index in [-0.39, 0.29) is 6.42 Å². The summed E-state index contributed by atoms with van der Waals surface area (Å²) in [4.78, 5) is 24.2. The van der Waals surface area contributed by atoms with Gasteiger partial charge >= 0.3 is 5.69 Å². The van der Waals surface area contributed by atoms with Crippen LogP contribution in [-0.2, 0) is 4.74 Å². The molecule has 7 nitrogen and oxygen atoms in total. The molecule has 0 radical (unpaired) electrons. The number of nitrogens with zero attached hydrogens (tertiary/aromatic N) is 1. The van der Waals surface area contributed by atoms with Gasteiger partial charge in [-0.25, -0.2) is 4.79 Å². The van der Waals surface area contributed by atoms with Crippen LogP contribution in [0.3, 0.4) is 0 Å². The molecule has 1 fully saturated rings. The zero-order chi connectivity index (χ0) is 13.5. The summed E-state index contributed by atoms with van der Waals surface area (Å²) in [6.07, 6.45) is -1.19. The van der Waals surface area contributed by atoms with Crippen LogP contribution >= 0.6 is 0 Å². The first kappa shape index (κ1) is 12.9. The van der Waals surface area contributed by atoms with Gasteiger partial charge in [-0.05, 0) is 6.92 Å². The van der Waals surface area contributed by atoms with Gasteiger partial charge in [-0.1, -0.05) is 0 Å². The van der Waals surface area contributed by atoms with Gasteiger partial charge in [0.2, 0.25) is 5.82 Å². The van der Waals surface area contributed by atoms with Crippen LogP contribution < -0.4 is 11.2 Å². The number of aliphatic hydroxyl groups excluding tert-OH is 2. The van der Waals surface area contributed by atoms with Crippen molar-refractivity contribution >= 4 is 0 Å². The van der Waals surface area contributed by atoms with Crippen molar-refractivity contribution in [3.8, 4) is 0 Å². The molecule has 18 heavy (non-hydrogen) atoms. The lowest BCUT2D eigenvalue weighted by molar-refractivity contribution is -0.117. The molecule has 1 aromatic rings. The summed E-state index contributed by atoms with van der Waals surface area (Å²) in [5, 5.41) is 18.9. The van der Waals surface area contributed by atoms with E-state index in [4.69, 9.17) is 9.84 Å². The minimum absolute atomic E-state index is 0.0163. The van der Waals surface area contributed by atoms with E-state index >= 15 is 0 Å². The zero-order valence-electron chi connectivity index (χ0n) is 9.59. The SMILES string of the molecule is C[C@]1(CO)O[C@H](n2cc(F)c(=O)[nH]c2=O)C[C@@H]1O. The lowest BCUT2D eigenvalue weighted by atomic mass is 10.0. The molecule has 1 saturated heterocycles. The van der Waals surface area contributed by atoms with E-state index in [0.29, 0.717) is 0 Å². The minimum atomic E-state index is -1.21. The van der Waals surface area contributed by atoms with Gasteiger partial charge < -0.3 is 14.9 Å². The maximum Gasteiger partial charge on any atom is 0.330 e. The fraction of sp³-hybridized carbons (Fsp3) is 0.600. The van der Waals surface area contributed by atoms with Crippen molar-refractivity contribution in [2.45, 2.75) is 31.3 Å². The second-order valence-corrected chi connectivity index (χ2v) is 4.44. The van der Waals surface area contributed by atoms with Gasteiger partial charge in [0.15, 0.2) is 0 Å². The predicted octanol–water partition coefficient (Wildman–Crippen LogP) is -1.29. The maximum absolute atomic E-state index is 13.1. The Bertz CT molecular complexity index is 568. The summed E-state index contributed by atoms with van der Waals surface area (Å²) in [7, 11) is 0. The molecule has 0 saturated carbocycles. The fourth-order valence-corrected chi connectivity index (χ4v) is 1.87. The molecule has 1 aliphatic rings. The second kappa shape index (κ2) is 4.30. The average molecular weight is 260 g/mol. The Morgan fingerprint density at radius 3 is 2.89 bits per heavy atom. The molecule has 3 N–H and O–H groups in total. The van der Waals surface area contributed by atoms with E-state index < -0.39 is 41.6 Å². The smallest absolute Gasteiger partial charge is 0.330 e. The zero-order valence-corrected chi connectivity index (χ0v) is 9.59. The Morgan fingerprint density at radius 2 is 2.33 bits per heavy atom. The van der Waals surface area contributed by atoms with Crippen LogP contribution in [0.15, 0.2) is 15.8 Å². The summed E-state index contributed by atoms with van der Waals surface area (Å²) in [6.45, 7) is 1.04. The first-order valence-corrected chi connectivity index (χ1v) is 5.35. The number of hydrogen-bond donors (Lipinski definition) is 3. The maximum atomic E-state index is 13.1. The number of nitrogens with one attached hydrogen (secondary N) is 1. The highest BCUT2D eigenvalue weighted by atomic mass is 19.1. The van der Waals surface area contributed by atoms with Crippen molar-refractivity contribution in [3.63, 3.8) is 0 Å². The normalized spacial score (nSPS) is 31.8. The van der Waals surface area contributed by atoms with Gasteiger partial charge in [0.1, 0.15) is 11.8 Å². The molecule has 8 heteroatoms. The van der Waals surface area contributed by atoms with Gasteiger partial charge in [0.25, 0.3) is 5.56 Å². The monoisotopic (exact) mass is 260 g/mol. The number of aliphatic hydroxyl groups is 2. The first-order chi connectivity index (χ1) is 8.37. The summed E-state index contributed by atoms with van der Waals surface area (Å²) in [5.74, 6) is -1.12. The summed E-state index contributed by atoms with van der Waals surface area (Å²) in [5.41, 5.74) is -3.16. The van der Waals surface area contributed by atoms with Crippen LogP contribution in [0.25, 0.3) is 0 Å². The number of aromatic amines is 1. The molecule has 1 aromatic heterocycles. The molecule has 2 rings (SSSR count). The van der Waals surface area contributed by atoms with Crippen LogP contribution in [0.1, 0.15) is 19.6 Å². The number of hydrogen-bond acceptors (Lipinski definition) is 5. The Kier molecular flexibility index (Phi) is 3.09. The van der Waals surface area contributed by atoms with Crippen molar-refractivity contribution in [2.75, 3.05) is 6.61 Å². The lowest BCUT2D eigenvalue weighted by Crippen LogP contribution is -2.40. The van der Waals surface area contributed by atoms with E-state index in [0.717, 1.165) is 10.8 Å². The van der Waals surface area contributed by atoms with E-state index in [1.807, 2.05) is 0 Å². The third-order valence-corrected chi connectivity index (χ3v) is 3.08. The number of rotatable bonds is 2. The largest absolute Gasteiger partial charge is 0.393 e. The van der Waals surface area contributed by atoms with Gasteiger partial charge in [-0.15, -0.1) is 0 Å². The minimum Gasteiger partial charge on any atom is -0.393 e. The summed E-state index contributed by atoms with van der Waals surface area (Å²) in [6, 6.07) is 0. The molecule has 2 heterocycles. The van der Waals surface area contributed by atoms with E-state index in [9.17, 15) is 19.1 Å². The number of aromatic nitrogens is 2. The number of halogens is 1. The number of H-pyrrole nitrogens is 1. The molecule has 0 bridgehead atoms. The van der Waals surface area contributed by atoms with Gasteiger partial charge in [0.05, 0.1) is 18.9 Å². The second-order valence-electron chi connectivity index (χ2n) is 4.44. The van der Waals surface area contributed by atoms with Crippen molar-refractivity contribution < 1.29 is 19.3 Å². The highest BCUT2D eigenvalue weighted by molar-refractivity contribution is 4.95. The van der Waals surface area contributed by atoms with Crippen LogP contribution in [-0.4, -0.2) is 38.1 Å². The lowest BCUT2D eigenvalue weighted by Gasteiger charge is -2.24. The quantitative estimate of drug-likeness (QED) is 0.613. The molecule has 1 aliphatic heterocycles. The van der Waals surface area contributed by atoms with Crippen molar-refractivity contribution in [3.05, 3.63) is 32.9 Å². The topological polar surface area (TPSA) is 105 Å². The van der Waals surface area contributed by atoms with Crippen LogP contribution in [0, 0.1) is 5.82 Å². The third kappa shape index (κ3) is 1.98. The van der Waals surface area contributed by atoms with Crippen molar-refractivity contribution in [1.29, 1.82) is 0 Å². The summed E-state index contributed by atoms with van der Waals surface area (Å²) >= 11 is 0. The highest BCUT2D eigenvalue weighted by Crippen LogP contribution is 2.35. The van der Waals surface area contributed by atoms with Crippen molar-refractivity contribution in [2.24, 2.45) is 0 Å². The Hall–Kier alpha value is -1.51. The first-order valence-electron chi connectivity index (χ1n) is 5.35. The van der Waals surface area contributed by atoms with Gasteiger partial charge in [-0.3, -0.25) is 14.3 Å². The van der Waals surface area contributed by atoms with Crippen LogP contribution in [0.5, 0.6) is 0 Å². The third-order valence-electron chi connectivity index (χ3n) is 3.08. The number of ether oxygens (including phenoxy) is 1. The standard InChI is InChI=1S/C10H13FN2O5/c1-10(4-14)6(15)2-7(18-10)13-3-5(11)8(16)12-9(13)17/h3,6-7,14-15H,2,4H2,1H3,(H,12,16,17)/t6-,7-,10+/m0/s1. The summed E-state index contributed by atoms with van der Waals surface area (Å²) < 4.78 is 19.3.